The highest BCUT2D eigenvalue weighted by Gasteiger charge is 2.32. The van der Waals surface area contributed by atoms with E-state index in [0.29, 0.717) is 5.39 Å². The van der Waals surface area contributed by atoms with Gasteiger partial charge in [0.25, 0.3) is 0 Å². The van der Waals surface area contributed by atoms with E-state index in [9.17, 15) is 18.0 Å². The number of halogens is 3. The number of hydrogen-bond donors (Lipinski definition) is 1. The first-order valence-electron chi connectivity index (χ1n) is 5.93. The maximum atomic E-state index is 12.4. The van der Waals surface area contributed by atoms with Gasteiger partial charge in [0, 0.05) is 19.0 Å². The van der Waals surface area contributed by atoms with E-state index >= 15 is 0 Å². The van der Waals surface area contributed by atoms with Gasteiger partial charge in [-0.05, 0) is 12.1 Å². The SMILES string of the molecule is COCCn1c(C(=O)O)cc2cccc(OC(F)(F)F)c21. The number of nitrogens with zero attached hydrogens (tertiary/aromatic N) is 1. The Morgan fingerprint density at radius 3 is 2.67 bits per heavy atom. The molecule has 1 N–H and O–H groups in total. The molecule has 114 valence electrons. The zero-order valence-electron chi connectivity index (χ0n) is 11.0. The number of aromatic nitrogens is 1. The van der Waals surface area contributed by atoms with Gasteiger partial charge in [-0.3, -0.25) is 0 Å². The lowest BCUT2D eigenvalue weighted by atomic mass is 10.2. The normalized spacial score (nSPS) is 11.8. The van der Waals surface area contributed by atoms with Gasteiger partial charge in [0.15, 0.2) is 5.75 Å². The predicted octanol–water partition coefficient (Wildman–Crippen LogP) is 2.88. The predicted molar refractivity (Wildman–Crippen MR) is 67.5 cm³/mol. The molecule has 0 radical (unpaired) electrons. The van der Waals surface area contributed by atoms with E-state index in [-0.39, 0.29) is 24.4 Å². The monoisotopic (exact) mass is 303 g/mol. The third-order valence-electron chi connectivity index (χ3n) is 2.85. The average Bonchev–Trinajstić information content (AvgIpc) is 2.74. The van der Waals surface area contributed by atoms with Crippen LogP contribution in [-0.2, 0) is 11.3 Å². The summed E-state index contributed by atoms with van der Waals surface area (Å²) in [5.41, 5.74) is -0.0513. The largest absolute Gasteiger partial charge is 0.573 e. The molecule has 0 spiro atoms. The van der Waals surface area contributed by atoms with E-state index in [0.717, 1.165) is 6.07 Å². The Kier molecular flexibility index (Phi) is 4.08. The van der Waals surface area contributed by atoms with E-state index < -0.39 is 18.1 Å². The number of para-hydroxylation sites is 1. The number of rotatable bonds is 5. The fourth-order valence-electron chi connectivity index (χ4n) is 2.09. The van der Waals surface area contributed by atoms with Crippen LogP contribution in [0.4, 0.5) is 13.2 Å². The Labute approximate surface area is 117 Å². The molecule has 0 bridgehead atoms. The number of carbonyl (C=O) groups is 1. The van der Waals surface area contributed by atoms with E-state index in [1.165, 1.54) is 29.9 Å². The lowest BCUT2D eigenvalue weighted by molar-refractivity contribution is -0.274. The quantitative estimate of drug-likeness (QED) is 0.922. The minimum absolute atomic E-state index is 0.0734. The molecule has 0 aliphatic carbocycles. The molecule has 0 aliphatic heterocycles. The van der Waals surface area contributed by atoms with Crippen LogP contribution in [0.3, 0.4) is 0 Å². The van der Waals surface area contributed by atoms with E-state index in [1.54, 1.807) is 0 Å². The molecule has 0 atom stereocenters. The number of carboxylic acids is 1. The molecule has 2 aromatic rings. The second kappa shape index (κ2) is 5.65. The van der Waals surface area contributed by atoms with Crippen LogP contribution in [0, 0.1) is 0 Å². The van der Waals surface area contributed by atoms with Gasteiger partial charge in [0.05, 0.1) is 12.1 Å². The topological polar surface area (TPSA) is 60.7 Å². The van der Waals surface area contributed by atoms with Gasteiger partial charge in [-0.2, -0.15) is 0 Å². The van der Waals surface area contributed by atoms with E-state index in [1.807, 2.05) is 0 Å². The second-order valence-electron chi connectivity index (χ2n) is 4.22. The molecule has 0 aliphatic rings. The highest BCUT2D eigenvalue weighted by atomic mass is 19.4. The highest BCUT2D eigenvalue weighted by molar-refractivity contribution is 5.96. The van der Waals surface area contributed by atoms with Crippen LogP contribution < -0.4 is 4.74 Å². The highest BCUT2D eigenvalue weighted by Crippen LogP contribution is 2.32. The average molecular weight is 303 g/mol. The molecular formula is C13H12F3NO4. The minimum Gasteiger partial charge on any atom is -0.477 e. The summed E-state index contributed by atoms with van der Waals surface area (Å²) in [5.74, 6) is -1.68. The summed E-state index contributed by atoms with van der Waals surface area (Å²) in [6.07, 6.45) is -4.85. The summed E-state index contributed by atoms with van der Waals surface area (Å²) in [6.45, 7) is 0.254. The zero-order valence-corrected chi connectivity index (χ0v) is 11.0. The third kappa shape index (κ3) is 3.27. The molecule has 0 saturated heterocycles. The van der Waals surface area contributed by atoms with E-state index in [2.05, 4.69) is 4.74 Å². The molecule has 0 fully saturated rings. The van der Waals surface area contributed by atoms with Crippen molar-refractivity contribution in [3.8, 4) is 5.75 Å². The Balaban J connectivity index is 2.62. The number of benzene rings is 1. The Hall–Kier alpha value is -2.22. The fourth-order valence-corrected chi connectivity index (χ4v) is 2.09. The van der Waals surface area contributed by atoms with Crippen molar-refractivity contribution >= 4 is 16.9 Å². The summed E-state index contributed by atoms with van der Waals surface area (Å²) < 4.78 is 47.4. The minimum atomic E-state index is -4.85. The van der Waals surface area contributed by atoms with Gasteiger partial charge in [-0.25, -0.2) is 4.79 Å². The van der Waals surface area contributed by atoms with Crippen LogP contribution in [-0.4, -0.2) is 35.7 Å². The molecule has 1 heterocycles. The Morgan fingerprint density at radius 1 is 1.38 bits per heavy atom. The molecule has 0 amide bonds. The third-order valence-corrected chi connectivity index (χ3v) is 2.85. The molecule has 0 saturated carbocycles. The molecule has 1 aromatic carbocycles. The zero-order chi connectivity index (χ0) is 15.6. The van der Waals surface area contributed by atoms with Gasteiger partial charge in [0.2, 0.25) is 0 Å². The van der Waals surface area contributed by atoms with Crippen molar-refractivity contribution in [3.05, 3.63) is 30.0 Å². The van der Waals surface area contributed by atoms with Crippen molar-refractivity contribution < 1.29 is 32.5 Å². The van der Waals surface area contributed by atoms with Crippen LogP contribution in [0.5, 0.6) is 5.75 Å². The Bertz CT molecular complexity index is 663. The van der Waals surface area contributed by atoms with Crippen molar-refractivity contribution in [1.82, 2.24) is 4.57 Å². The molecule has 1 aromatic heterocycles. The first kappa shape index (κ1) is 15.2. The maximum absolute atomic E-state index is 12.4. The van der Waals surface area contributed by atoms with Gasteiger partial charge in [-0.15, -0.1) is 13.2 Å². The number of alkyl halides is 3. The van der Waals surface area contributed by atoms with Crippen molar-refractivity contribution in [2.75, 3.05) is 13.7 Å². The van der Waals surface area contributed by atoms with Crippen LogP contribution >= 0.6 is 0 Å². The smallest absolute Gasteiger partial charge is 0.477 e. The molecule has 8 heteroatoms. The number of hydrogen-bond acceptors (Lipinski definition) is 3. The number of aromatic carboxylic acids is 1. The van der Waals surface area contributed by atoms with E-state index in [4.69, 9.17) is 9.84 Å². The summed E-state index contributed by atoms with van der Waals surface area (Å²) in [7, 11) is 1.42. The lowest BCUT2D eigenvalue weighted by Gasteiger charge is -2.13. The van der Waals surface area contributed by atoms with Gasteiger partial charge < -0.3 is 19.1 Å². The number of ether oxygens (including phenoxy) is 2. The fraction of sp³-hybridized carbons (Fsp3) is 0.308. The van der Waals surface area contributed by atoms with Gasteiger partial charge >= 0.3 is 12.3 Å². The lowest BCUT2D eigenvalue weighted by Crippen LogP contribution is -2.18. The van der Waals surface area contributed by atoms with Gasteiger partial charge in [-0.1, -0.05) is 12.1 Å². The number of fused-ring (bicyclic) bond motifs is 1. The summed E-state index contributed by atoms with van der Waals surface area (Å²) in [5, 5.41) is 9.52. The first-order chi connectivity index (χ1) is 9.83. The maximum Gasteiger partial charge on any atom is 0.573 e. The van der Waals surface area contributed by atoms with Gasteiger partial charge in [0.1, 0.15) is 5.69 Å². The standard InChI is InChI=1S/C13H12F3NO4/c1-20-6-5-17-9(12(18)19)7-8-3-2-4-10(11(8)17)21-13(14,15)16/h2-4,7H,5-6H2,1H3,(H,18,19). The van der Waals surface area contributed by atoms with Crippen LogP contribution in [0.1, 0.15) is 10.5 Å². The van der Waals surface area contributed by atoms with Crippen LogP contribution in [0.15, 0.2) is 24.3 Å². The summed E-state index contributed by atoms with van der Waals surface area (Å²) >= 11 is 0. The van der Waals surface area contributed by atoms with Crippen molar-refractivity contribution in [3.63, 3.8) is 0 Å². The molecule has 5 nitrogen and oxygen atoms in total. The second-order valence-corrected chi connectivity index (χ2v) is 4.22. The molecule has 2 rings (SSSR count). The molecular weight excluding hydrogens is 291 g/mol. The Morgan fingerprint density at radius 2 is 2.10 bits per heavy atom. The van der Waals surface area contributed by atoms with Crippen molar-refractivity contribution in [1.29, 1.82) is 0 Å². The molecule has 21 heavy (non-hydrogen) atoms. The van der Waals surface area contributed by atoms with Crippen LogP contribution in [0.2, 0.25) is 0 Å². The number of carboxylic acid groups (broad SMARTS) is 1. The number of methoxy groups -OCH3 is 1. The summed E-state index contributed by atoms with van der Waals surface area (Å²) in [4.78, 5) is 11.2. The van der Waals surface area contributed by atoms with Crippen molar-refractivity contribution in [2.45, 2.75) is 12.9 Å². The first-order valence-corrected chi connectivity index (χ1v) is 5.93. The van der Waals surface area contributed by atoms with Crippen LogP contribution in [0.25, 0.3) is 10.9 Å². The van der Waals surface area contributed by atoms with Crippen molar-refractivity contribution in [2.24, 2.45) is 0 Å². The summed E-state index contributed by atoms with van der Waals surface area (Å²) in [6, 6.07) is 5.34. The molecule has 0 unspecified atom stereocenters.